The van der Waals surface area contributed by atoms with Gasteiger partial charge in [0.2, 0.25) is 0 Å². The van der Waals surface area contributed by atoms with E-state index in [1.54, 1.807) is 31.2 Å². The maximum atomic E-state index is 10.7. The second-order valence-corrected chi connectivity index (χ2v) is 3.59. The maximum Gasteiger partial charge on any atom is 0.316 e. The Morgan fingerprint density at radius 3 is 2.62 bits per heavy atom. The Morgan fingerprint density at radius 1 is 1.44 bits per heavy atom. The van der Waals surface area contributed by atoms with Crippen LogP contribution in [0.5, 0.6) is 0 Å². The van der Waals surface area contributed by atoms with Crippen molar-refractivity contribution in [1.29, 1.82) is 0 Å². The number of nitrogens with two attached hydrogens (primary N) is 1. The highest BCUT2D eigenvalue weighted by Gasteiger charge is 2.14. The number of urea groups is 1. The minimum atomic E-state index is -0.867. The van der Waals surface area contributed by atoms with Gasteiger partial charge in [-0.15, -0.1) is 0 Å². The van der Waals surface area contributed by atoms with Gasteiger partial charge in [-0.2, -0.15) is 0 Å². The number of carboxylic acid groups (broad SMARTS) is 1. The fourth-order valence-corrected chi connectivity index (χ4v) is 1.37. The summed E-state index contributed by atoms with van der Waals surface area (Å²) in [7, 11) is 0. The zero-order valence-electron chi connectivity index (χ0n) is 8.93. The molecule has 1 rings (SSSR count). The fourth-order valence-electron chi connectivity index (χ4n) is 1.37. The Balaban J connectivity index is 2.86. The average Bonchev–Trinajstić information content (AvgIpc) is 2.20. The van der Waals surface area contributed by atoms with E-state index in [1.807, 2.05) is 0 Å². The summed E-state index contributed by atoms with van der Waals surface area (Å²) in [5.41, 5.74) is 6.34. The largest absolute Gasteiger partial charge is 0.481 e. The first-order valence-electron chi connectivity index (χ1n) is 4.88. The monoisotopic (exact) mass is 222 g/mol. The Labute approximate surface area is 93.3 Å². The van der Waals surface area contributed by atoms with E-state index in [2.05, 4.69) is 5.32 Å². The van der Waals surface area contributed by atoms with Crippen LogP contribution in [0.15, 0.2) is 24.3 Å². The third kappa shape index (κ3) is 3.27. The molecule has 16 heavy (non-hydrogen) atoms. The lowest BCUT2D eigenvalue weighted by Gasteiger charge is -2.11. The predicted molar refractivity (Wildman–Crippen MR) is 60.2 cm³/mol. The normalized spacial score (nSPS) is 11.8. The number of rotatable bonds is 4. The summed E-state index contributed by atoms with van der Waals surface area (Å²) in [4.78, 5) is 21.5. The molecule has 0 radical (unpaired) electrons. The van der Waals surface area contributed by atoms with Gasteiger partial charge in [-0.3, -0.25) is 4.79 Å². The number of carbonyl (C=O) groups excluding carboxylic acids is 1. The molecular weight excluding hydrogens is 208 g/mol. The molecule has 2 amide bonds. The molecule has 4 N–H and O–H groups in total. The molecule has 0 bridgehead atoms. The summed E-state index contributed by atoms with van der Waals surface area (Å²) in [6.07, 6.45) is 0.353. The zero-order valence-corrected chi connectivity index (χ0v) is 8.93. The molecular formula is C11H14N2O3. The van der Waals surface area contributed by atoms with Gasteiger partial charge in [0.15, 0.2) is 0 Å². The number of anilines is 1. The lowest BCUT2D eigenvalue weighted by molar-refractivity contribution is -0.141. The van der Waals surface area contributed by atoms with Crippen LogP contribution in [-0.2, 0) is 11.2 Å². The summed E-state index contributed by atoms with van der Waals surface area (Å²) in [5, 5.41) is 11.3. The quantitative estimate of drug-likeness (QED) is 0.719. The molecule has 1 unspecified atom stereocenters. The summed E-state index contributed by atoms with van der Waals surface area (Å²) in [6.45, 7) is 1.61. The number of hydrogen-bond acceptors (Lipinski definition) is 2. The fraction of sp³-hybridized carbons (Fsp3) is 0.273. The second kappa shape index (κ2) is 5.16. The Bertz CT molecular complexity index is 404. The minimum Gasteiger partial charge on any atom is -0.481 e. The number of nitrogens with one attached hydrogen (secondary N) is 1. The van der Waals surface area contributed by atoms with Crippen molar-refractivity contribution in [2.24, 2.45) is 11.7 Å². The van der Waals surface area contributed by atoms with Crippen LogP contribution in [0, 0.1) is 5.92 Å². The molecule has 0 aromatic heterocycles. The van der Waals surface area contributed by atoms with Gasteiger partial charge in [-0.25, -0.2) is 4.79 Å². The second-order valence-electron chi connectivity index (χ2n) is 3.59. The van der Waals surface area contributed by atoms with E-state index in [-0.39, 0.29) is 0 Å². The smallest absolute Gasteiger partial charge is 0.316 e. The number of carbonyl (C=O) groups is 2. The van der Waals surface area contributed by atoms with Crippen molar-refractivity contribution in [1.82, 2.24) is 0 Å². The molecule has 0 saturated carbocycles. The molecule has 5 heteroatoms. The molecule has 86 valence electrons. The van der Waals surface area contributed by atoms with Gasteiger partial charge in [0.05, 0.1) is 5.92 Å². The van der Waals surface area contributed by atoms with Gasteiger partial charge in [-0.1, -0.05) is 25.1 Å². The van der Waals surface area contributed by atoms with Crippen molar-refractivity contribution < 1.29 is 14.7 Å². The van der Waals surface area contributed by atoms with Crippen LogP contribution < -0.4 is 11.1 Å². The molecule has 0 aliphatic rings. The summed E-state index contributed by atoms with van der Waals surface area (Å²) >= 11 is 0. The number of para-hydroxylation sites is 1. The SMILES string of the molecule is CC(Cc1ccccc1NC(N)=O)C(=O)O. The van der Waals surface area contributed by atoms with Crippen molar-refractivity contribution in [3.05, 3.63) is 29.8 Å². The topological polar surface area (TPSA) is 92.4 Å². The van der Waals surface area contributed by atoms with E-state index in [4.69, 9.17) is 10.8 Å². The van der Waals surface area contributed by atoms with Crippen molar-refractivity contribution in [2.45, 2.75) is 13.3 Å². The van der Waals surface area contributed by atoms with E-state index >= 15 is 0 Å². The summed E-state index contributed by atoms with van der Waals surface area (Å²) < 4.78 is 0. The molecule has 0 saturated heterocycles. The molecule has 5 nitrogen and oxygen atoms in total. The third-order valence-electron chi connectivity index (χ3n) is 2.22. The molecule has 0 heterocycles. The van der Waals surface area contributed by atoms with Crippen LogP contribution in [0.2, 0.25) is 0 Å². The van der Waals surface area contributed by atoms with E-state index in [0.29, 0.717) is 12.1 Å². The van der Waals surface area contributed by atoms with E-state index < -0.39 is 17.9 Å². The lowest BCUT2D eigenvalue weighted by atomic mass is 10.00. The average molecular weight is 222 g/mol. The Morgan fingerprint density at radius 2 is 2.06 bits per heavy atom. The molecule has 0 fully saturated rings. The first-order valence-corrected chi connectivity index (χ1v) is 4.88. The predicted octanol–water partition coefficient (Wildman–Crippen LogP) is 1.44. The van der Waals surface area contributed by atoms with Crippen molar-refractivity contribution in [2.75, 3.05) is 5.32 Å². The van der Waals surface area contributed by atoms with E-state index in [0.717, 1.165) is 5.56 Å². The number of benzene rings is 1. The van der Waals surface area contributed by atoms with Crippen LogP contribution in [0.3, 0.4) is 0 Å². The Kier molecular flexibility index (Phi) is 3.88. The molecule has 1 aromatic rings. The third-order valence-corrected chi connectivity index (χ3v) is 2.22. The highest BCUT2D eigenvalue weighted by atomic mass is 16.4. The van der Waals surface area contributed by atoms with E-state index in [1.165, 1.54) is 0 Å². The highest BCUT2D eigenvalue weighted by Crippen LogP contribution is 2.18. The van der Waals surface area contributed by atoms with Crippen LogP contribution >= 0.6 is 0 Å². The van der Waals surface area contributed by atoms with Gasteiger partial charge in [0.1, 0.15) is 0 Å². The van der Waals surface area contributed by atoms with Crippen molar-refractivity contribution >= 4 is 17.7 Å². The first-order chi connectivity index (χ1) is 7.50. The maximum absolute atomic E-state index is 10.7. The number of primary amides is 1. The van der Waals surface area contributed by atoms with Gasteiger partial charge in [0.25, 0.3) is 0 Å². The van der Waals surface area contributed by atoms with E-state index in [9.17, 15) is 9.59 Å². The number of hydrogen-bond donors (Lipinski definition) is 3. The zero-order chi connectivity index (χ0) is 12.1. The van der Waals surface area contributed by atoms with Gasteiger partial charge in [0, 0.05) is 5.69 Å². The highest BCUT2D eigenvalue weighted by molar-refractivity contribution is 5.88. The Hall–Kier alpha value is -2.04. The number of aliphatic carboxylic acids is 1. The molecule has 1 aromatic carbocycles. The number of carboxylic acids is 1. The van der Waals surface area contributed by atoms with Crippen molar-refractivity contribution in [3.8, 4) is 0 Å². The standard InChI is InChI=1S/C11H14N2O3/c1-7(10(14)15)6-8-4-2-3-5-9(8)13-11(12)16/h2-5,7H,6H2,1H3,(H,14,15)(H3,12,13,16). The number of amides is 2. The van der Waals surface area contributed by atoms with Crippen LogP contribution in [-0.4, -0.2) is 17.1 Å². The van der Waals surface area contributed by atoms with Crippen LogP contribution in [0.1, 0.15) is 12.5 Å². The molecule has 0 aliphatic carbocycles. The summed E-state index contributed by atoms with van der Waals surface area (Å²) in [5.74, 6) is -1.37. The van der Waals surface area contributed by atoms with Crippen LogP contribution in [0.4, 0.5) is 10.5 Å². The van der Waals surface area contributed by atoms with Gasteiger partial charge >= 0.3 is 12.0 Å². The molecule has 0 spiro atoms. The van der Waals surface area contributed by atoms with Gasteiger partial charge in [-0.05, 0) is 18.1 Å². The minimum absolute atomic E-state index is 0.353. The lowest BCUT2D eigenvalue weighted by Crippen LogP contribution is -2.21. The van der Waals surface area contributed by atoms with Crippen molar-refractivity contribution in [3.63, 3.8) is 0 Å². The molecule has 1 atom stereocenters. The first kappa shape index (κ1) is 12.0. The van der Waals surface area contributed by atoms with Crippen LogP contribution in [0.25, 0.3) is 0 Å². The molecule has 0 aliphatic heterocycles. The van der Waals surface area contributed by atoms with Gasteiger partial charge < -0.3 is 16.2 Å². The summed E-state index contributed by atoms with van der Waals surface area (Å²) in [6, 6.07) is 6.34.